The summed E-state index contributed by atoms with van der Waals surface area (Å²) in [5, 5.41) is 5.30. The zero-order valence-corrected chi connectivity index (χ0v) is 11.7. The Balaban J connectivity index is 2.80. The Morgan fingerprint density at radius 2 is 2.05 bits per heavy atom. The summed E-state index contributed by atoms with van der Waals surface area (Å²) in [4.78, 5) is 11.3. The van der Waals surface area contributed by atoms with Crippen molar-refractivity contribution in [3.05, 3.63) is 22.7 Å². The van der Waals surface area contributed by atoms with Crippen molar-refractivity contribution in [3.8, 4) is 5.75 Å². The SMILES string of the molecule is CNC(=O)C(C)Nc1ccc(OC(F)(F)F)c(Br)c1. The van der Waals surface area contributed by atoms with Crippen LogP contribution >= 0.6 is 15.9 Å². The summed E-state index contributed by atoms with van der Waals surface area (Å²) in [7, 11) is 1.50. The maximum absolute atomic E-state index is 12.1. The molecule has 1 aromatic carbocycles. The molecule has 0 aliphatic carbocycles. The maximum Gasteiger partial charge on any atom is 0.573 e. The molecule has 0 saturated heterocycles. The molecule has 1 rings (SSSR count). The number of likely N-dealkylation sites (N-methyl/N-ethyl adjacent to an activating group) is 1. The molecule has 0 bridgehead atoms. The molecule has 1 aromatic rings. The fourth-order valence-corrected chi connectivity index (χ4v) is 1.79. The first kappa shape index (κ1) is 15.6. The molecule has 1 atom stereocenters. The van der Waals surface area contributed by atoms with Crippen molar-refractivity contribution < 1.29 is 22.7 Å². The number of carbonyl (C=O) groups is 1. The summed E-state index contributed by atoms with van der Waals surface area (Å²) < 4.78 is 40.2. The van der Waals surface area contributed by atoms with Crippen LogP contribution in [0.4, 0.5) is 18.9 Å². The van der Waals surface area contributed by atoms with Gasteiger partial charge in [-0.3, -0.25) is 4.79 Å². The molecule has 0 spiro atoms. The highest BCUT2D eigenvalue weighted by Gasteiger charge is 2.31. The summed E-state index contributed by atoms with van der Waals surface area (Å²) in [6.07, 6.45) is -4.74. The number of amides is 1. The van der Waals surface area contributed by atoms with Crippen LogP contribution in [0.1, 0.15) is 6.92 Å². The Kier molecular flexibility index (Phi) is 5.04. The van der Waals surface area contributed by atoms with Crippen molar-refractivity contribution >= 4 is 27.5 Å². The number of rotatable bonds is 4. The van der Waals surface area contributed by atoms with Crippen LogP contribution < -0.4 is 15.4 Å². The normalized spacial score (nSPS) is 12.7. The van der Waals surface area contributed by atoms with Crippen molar-refractivity contribution in [2.75, 3.05) is 12.4 Å². The van der Waals surface area contributed by atoms with Crippen LogP contribution in [0.2, 0.25) is 0 Å². The van der Waals surface area contributed by atoms with E-state index >= 15 is 0 Å². The molecule has 1 unspecified atom stereocenters. The average molecular weight is 341 g/mol. The number of alkyl halides is 3. The number of carbonyl (C=O) groups excluding carboxylic acids is 1. The molecule has 0 aromatic heterocycles. The zero-order valence-electron chi connectivity index (χ0n) is 10.1. The van der Waals surface area contributed by atoms with Crippen molar-refractivity contribution in [2.45, 2.75) is 19.3 Å². The van der Waals surface area contributed by atoms with Crippen LogP contribution in [0, 0.1) is 0 Å². The highest BCUT2D eigenvalue weighted by atomic mass is 79.9. The molecule has 4 nitrogen and oxygen atoms in total. The Labute approximate surface area is 116 Å². The molecule has 106 valence electrons. The zero-order chi connectivity index (χ0) is 14.6. The van der Waals surface area contributed by atoms with Crippen LogP contribution in [-0.4, -0.2) is 25.4 Å². The van der Waals surface area contributed by atoms with E-state index in [-0.39, 0.29) is 16.1 Å². The van der Waals surface area contributed by atoms with Gasteiger partial charge in [0.05, 0.1) is 4.47 Å². The van der Waals surface area contributed by atoms with E-state index in [9.17, 15) is 18.0 Å². The Hall–Kier alpha value is -1.44. The number of anilines is 1. The molecule has 0 fully saturated rings. The van der Waals surface area contributed by atoms with Gasteiger partial charge in [-0.15, -0.1) is 13.2 Å². The first-order chi connectivity index (χ1) is 8.73. The minimum Gasteiger partial charge on any atom is -0.405 e. The summed E-state index contributed by atoms with van der Waals surface area (Å²) in [6.45, 7) is 1.63. The monoisotopic (exact) mass is 340 g/mol. The minimum atomic E-state index is -4.74. The van der Waals surface area contributed by atoms with Crippen LogP contribution in [-0.2, 0) is 4.79 Å². The van der Waals surface area contributed by atoms with Gasteiger partial charge in [-0.2, -0.15) is 0 Å². The van der Waals surface area contributed by atoms with Crippen LogP contribution in [0.25, 0.3) is 0 Å². The third kappa shape index (κ3) is 4.98. The fourth-order valence-electron chi connectivity index (χ4n) is 1.33. The van der Waals surface area contributed by atoms with E-state index in [4.69, 9.17) is 0 Å². The predicted octanol–water partition coefficient (Wildman–Crippen LogP) is 2.89. The highest BCUT2D eigenvalue weighted by molar-refractivity contribution is 9.10. The van der Waals surface area contributed by atoms with Crippen molar-refractivity contribution in [1.82, 2.24) is 5.32 Å². The van der Waals surface area contributed by atoms with Gasteiger partial charge in [-0.25, -0.2) is 0 Å². The van der Waals surface area contributed by atoms with Crippen LogP contribution in [0.15, 0.2) is 22.7 Å². The molecule has 0 radical (unpaired) electrons. The first-order valence-electron chi connectivity index (χ1n) is 5.26. The Morgan fingerprint density at radius 1 is 1.42 bits per heavy atom. The second-order valence-corrected chi connectivity index (χ2v) is 4.53. The fraction of sp³-hybridized carbons (Fsp3) is 0.364. The number of benzene rings is 1. The summed E-state index contributed by atoms with van der Waals surface area (Å²) in [5.74, 6) is -0.572. The van der Waals surface area contributed by atoms with Crippen molar-refractivity contribution in [1.29, 1.82) is 0 Å². The standard InChI is InChI=1S/C11H12BrF3N2O2/c1-6(10(18)16-2)17-7-3-4-9(8(12)5-7)19-11(13,14)15/h3-6,17H,1-2H3,(H,16,18). The molecule has 2 N–H and O–H groups in total. The van der Waals surface area contributed by atoms with Gasteiger partial charge in [0.2, 0.25) is 5.91 Å². The highest BCUT2D eigenvalue weighted by Crippen LogP contribution is 2.32. The van der Waals surface area contributed by atoms with E-state index in [1.807, 2.05) is 0 Å². The van der Waals surface area contributed by atoms with Gasteiger partial charge in [-0.05, 0) is 41.1 Å². The Bertz CT molecular complexity index is 466. The lowest BCUT2D eigenvalue weighted by Gasteiger charge is -2.15. The number of ether oxygens (including phenoxy) is 1. The molecule has 1 amide bonds. The van der Waals surface area contributed by atoms with E-state index in [1.165, 1.54) is 19.2 Å². The summed E-state index contributed by atoms with van der Waals surface area (Å²) >= 11 is 2.98. The topological polar surface area (TPSA) is 50.4 Å². The molecule has 0 aliphatic rings. The largest absolute Gasteiger partial charge is 0.573 e. The van der Waals surface area contributed by atoms with Gasteiger partial charge in [0.25, 0.3) is 0 Å². The molecule has 19 heavy (non-hydrogen) atoms. The molecule has 0 saturated carbocycles. The number of nitrogens with one attached hydrogen (secondary N) is 2. The molecule has 8 heteroatoms. The predicted molar refractivity (Wildman–Crippen MR) is 68.0 cm³/mol. The number of hydrogen-bond donors (Lipinski definition) is 2. The maximum atomic E-state index is 12.1. The summed E-state index contributed by atoms with van der Waals surface area (Å²) in [5.41, 5.74) is 0.498. The quantitative estimate of drug-likeness (QED) is 0.886. The second-order valence-electron chi connectivity index (χ2n) is 3.67. The van der Waals surface area contributed by atoms with E-state index in [0.29, 0.717) is 5.69 Å². The van der Waals surface area contributed by atoms with Crippen molar-refractivity contribution in [2.24, 2.45) is 0 Å². The second kappa shape index (κ2) is 6.14. The molecular formula is C11H12BrF3N2O2. The number of halogens is 4. The average Bonchev–Trinajstić information content (AvgIpc) is 2.30. The van der Waals surface area contributed by atoms with E-state index in [0.717, 1.165) is 6.07 Å². The lowest BCUT2D eigenvalue weighted by atomic mass is 10.2. The molecular weight excluding hydrogens is 329 g/mol. The van der Waals surface area contributed by atoms with E-state index in [1.54, 1.807) is 6.92 Å². The van der Waals surface area contributed by atoms with E-state index in [2.05, 4.69) is 31.3 Å². The Morgan fingerprint density at radius 3 is 2.53 bits per heavy atom. The van der Waals surface area contributed by atoms with E-state index < -0.39 is 12.4 Å². The van der Waals surface area contributed by atoms with Crippen molar-refractivity contribution in [3.63, 3.8) is 0 Å². The van der Waals surface area contributed by atoms with Gasteiger partial charge < -0.3 is 15.4 Å². The van der Waals surface area contributed by atoms with Crippen LogP contribution in [0.3, 0.4) is 0 Å². The summed E-state index contributed by atoms with van der Waals surface area (Å²) in [6, 6.07) is 3.45. The van der Waals surface area contributed by atoms with Gasteiger partial charge in [-0.1, -0.05) is 0 Å². The van der Waals surface area contributed by atoms with Crippen LogP contribution in [0.5, 0.6) is 5.75 Å². The van der Waals surface area contributed by atoms with Gasteiger partial charge in [0.15, 0.2) is 0 Å². The minimum absolute atomic E-state index is 0.138. The lowest BCUT2D eigenvalue weighted by Crippen LogP contribution is -2.35. The van der Waals surface area contributed by atoms with Gasteiger partial charge >= 0.3 is 6.36 Å². The molecule has 0 aliphatic heterocycles. The number of hydrogen-bond acceptors (Lipinski definition) is 3. The third-order valence-electron chi connectivity index (χ3n) is 2.18. The van der Waals surface area contributed by atoms with Gasteiger partial charge in [0, 0.05) is 12.7 Å². The van der Waals surface area contributed by atoms with Gasteiger partial charge in [0.1, 0.15) is 11.8 Å². The lowest BCUT2D eigenvalue weighted by molar-refractivity contribution is -0.274. The first-order valence-corrected chi connectivity index (χ1v) is 6.05. The smallest absolute Gasteiger partial charge is 0.405 e. The molecule has 0 heterocycles. The third-order valence-corrected chi connectivity index (χ3v) is 2.80.